The Bertz CT molecular complexity index is 828. The number of rotatable bonds is 9. The second-order valence-corrected chi connectivity index (χ2v) is 9.93. The van der Waals surface area contributed by atoms with E-state index in [1.54, 1.807) is 0 Å². The molecule has 2 nitrogen and oxygen atoms in total. The van der Waals surface area contributed by atoms with Crippen molar-refractivity contribution in [3.8, 4) is 6.07 Å². The van der Waals surface area contributed by atoms with Crippen molar-refractivity contribution < 1.29 is 0 Å². The van der Waals surface area contributed by atoms with E-state index in [1.807, 2.05) is 6.07 Å². The summed E-state index contributed by atoms with van der Waals surface area (Å²) in [6.45, 7) is 8.84. The largest absolute Gasteiger partial charge is 0.297 e. The molecule has 3 atom stereocenters. The Kier molecular flexibility index (Phi) is 8.94. The standard InChI is InChI=1S/C25H32Br2N2/c1-6-22(29(5)19(4)20-10-8-7-9-11-20)14-15-25(17-28,18(2)3)21-12-13-23(26)24(27)16-21/h7-13,16,18-19,22H,6,14-15H2,1-5H3. The first kappa shape index (κ1) is 24.1. The van der Waals surface area contributed by atoms with Crippen molar-refractivity contribution >= 4 is 31.9 Å². The first-order valence-corrected chi connectivity index (χ1v) is 12.0. The lowest BCUT2D eigenvalue weighted by atomic mass is 9.69. The molecule has 0 amide bonds. The van der Waals surface area contributed by atoms with E-state index in [4.69, 9.17) is 0 Å². The smallest absolute Gasteiger partial charge is 0.0846 e. The Morgan fingerprint density at radius 1 is 1.03 bits per heavy atom. The van der Waals surface area contributed by atoms with Gasteiger partial charge >= 0.3 is 0 Å². The van der Waals surface area contributed by atoms with E-state index in [-0.39, 0.29) is 5.92 Å². The first-order valence-electron chi connectivity index (χ1n) is 10.4. The number of hydrogen-bond donors (Lipinski definition) is 0. The van der Waals surface area contributed by atoms with Gasteiger partial charge in [0.2, 0.25) is 0 Å². The minimum Gasteiger partial charge on any atom is -0.297 e. The monoisotopic (exact) mass is 518 g/mol. The summed E-state index contributed by atoms with van der Waals surface area (Å²) in [5.41, 5.74) is 1.94. The quantitative estimate of drug-likeness (QED) is 0.336. The number of nitriles is 1. The molecular weight excluding hydrogens is 488 g/mol. The SMILES string of the molecule is CCC(CCC(C#N)(c1ccc(Br)c(Br)c1)C(C)C)N(C)C(C)c1ccccc1. The summed E-state index contributed by atoms with van der Waals surface area (Å²) in [4.78, 5) is 2.47. The van der Waals surface area contributed by atoms with Gasteiger partial charge in [0.15, 0.2) is 0 Å². The number of benzene rings is 2. The highest BCUT2D eigenvalue weighted by Crippen LogP contribution is 2.40. The predicted octanol–water partition coefficient (Wildman–Crippen LogP) is 7.88. The lowest BCUT2D eigenvalue weighted by Crippen LogP contribution is -2.37. The molecule has 4 heteroatoms. The summed E-state index contributed by atoms with van der Waals surface area (Å²) in [5, 5.41) is 10.3. The molecule has 0 radical (unpaired) electrons. The molecule has 0 N–H and O–H groups in total. The maximum Gasteiger partial charge on any atom is 0.0846 e. The molecule has 0 heterocycles. The fourth-order valence-electron chi connectivity index (χ4n) is 4.16. The normalized spacial score (nSPS) is 15.7. The van der Waals surface area contributed by atoms with Crippen molar-refractivity contribution in [2.75, 3.05) is 7.05 Å². The van der Waals surface area contributed by atoms with E-state index in [2.05, 4.69) is 120 Å². The van der Waals surface area contributed by atoms with Crippen LogP contribution in [0.1, 0.15) is 64.1 Å². The van der Waals surface area contributed by atoms with Crippen LogP contribution in [0, 0.1) is 17.2 Å². The van der Waals surface area contributed by atoms with Crippen LogP contribution < -0.4 is 0 Å². The van der Waals surface area contributed by atoms with Crippen LogP contribution in [0.15, 0.2) is 57.5 Å². The van der Waals surface area contributed by atoms with Gasteiger partial charge in [0.1, 0.15) is 0 Å². The summed E-state index contributed by atoms with van der Waals surface area (Å²) in [7, 11) is 2.21. The molecule has 0 aliphatic carbocycles. The highest BCUT2D eigenvalue weighted by atomic mass is 79.9. The van der Waals surface area contributed by atoms with Gasteiger partial charge < -0.3 is 0 Å². The van der Waals surface area contributed by atoms with Crippen molar-refractivity contribution in [1.29, 1.82) is 5.26 Å². The van der Waals surface area contributed by atoms with Crippen molar-refractivity contribution in [3.63, 3.8) is 0 Å². The van der Waals surface area contributed by atoms with Gasteiger partial charge in [0.05, 0.1) is 11.5 Å². The van der Waals surface area contributed by atoms with Gasteiger partial charge in [-0.05, 0) is 94.3 Å². The third-order valence-corrected chi connectivity index (χ3v) is 8.31. The highest BCUT2D eigenvalue weighted by molar-refractivity contribution is 9.13. The molecule has 2 aromatic carbocycles. The Labute approximate surface area is 193 Å². The first-order chi connectivity index (χ1) is 13.8. The van der Waals surface area contributed by atoms with Crippen LogP contribution in [0.2, 0.25) is 0 Å². The van der Waals surface area contributed by atoms with Gasteiger partial charge in [-0.2, -0.15) is 5.26 Å². The molecule has 156 valence electrons. The van der Waals surface area contributed by atoms with E-state index < -0.39 is 5.41 Å². The Morgan fingerprint density at radius 2 is 1.69 bits per heavy atom. The summed E-state index contributed by atoms with van der Waals surface area (Å²) >= 11 is 7.16. The highest BCUT2D eigenvalue weighted by Gasteiger charge is 2.37. The second kappa shape index (κ2) is 10.8. The molecule has 29 heavy (non-hydrogen) atoms. The molecule has 2 aromatic rings. The summed E-state index contributed by atoms with van der Waals surface area (Å²) in [6.07, 6.45) is 2.90. The molecule has 0 aliphatic heterocycles. The average molecular weight is 520 g/mol. The third-order valence-electron chi connectivity index (χ3n) is 6.43. The van der Waals surface area contributed by atoms with Gasteiger partial charge in [0, 0.05) is 21.0 Å². The zero-order valence-corrected chi connectivity index (χ0v) is 21.3. The van der Waals surface area contributed by atoms with Crippen LogP contribution in [0.4, 0.5) is 0 Å². The summed E-state index contributed by atoms with van der Waals surface area (Å²) < 4.78 is 2.01. The molecular formula is C25H32Br2N2. The molecule has 0 aromatic heterocycles. The van der Waals surface area contributed by atoms with Crippen LogP contribution >= 0.6 is 31.9 Å². The van der Waals surface area contributed by atoms with Gasteiger partial charge in [0.25, 0.3) is 0 Å². The minimum atomic E-state index is -0.493. The molecule has 0 saturated heterocycles. The van der Waals surface area contributed by atoms with E-state index >= 15 is 0 Å². The van der Waals surface area contributed by atoms with Crippen molar-refractivity contribution in [3.05, 3.63) is 68.6 Å². The lowest BCUT2D eigenvalue weighted by molar-refractivity contribution is 0.158. The zero-order chi connectivity index (χ0) is 21.6. The molecule has 3 unspecified atom stereocenters. The van der Waals surface area contributed by atoms with Crippen molar-refractivity contribution in [1.82, 2.24) is 4.90 Å². The van der Waals surface area contributed by atoms with E-state index in [1.165, 1.54) is 5.56 Å². The average Bonchev–Trinajstić information content (AvgIpc) is 2.73. The topological polar surface area (TPSA) is 27.0 Å². The van der Waals surface area contributed by atoms with Crippen LogP contribution in [-0.2, 0) is 5.41 Å². The van der Waals surface area contributed by atoms with E-state index in [9.17, 15) is 5.26 Å². The second-order valence-electron chi connectivity index (χ2n) is 8.22. The van der Waals surface area contributed by atoms with Crippen LogP contribution in [0.25, 0.3) is 0 Å². The van der Waals surface area contributed by atoms with Crippen LogP contribution in [0.3, 0.4) is 0 Å². The predicted molar refractivity (Wildman–Crippen MR) is 130 cm³/mol. The van der Waals surface area contributed by atoms with Gasteiger partial charge in [-0.15, -0.1) is 0 Å². The lowest BCUT2D eigenvalue weighted by Gasteiger charge is -2.37. The van der Waals surface area contributed by atoms with Gasteiger partial charge in [-0.25, -0.2) is 0 Å². The fraction of sp³-hybridized carbons (Fsp3) is 0.480. The molecule has 2 rings (SSSR count). The maximum absolute atomic E-state index is 10.3. The molecule has 0 spiro atoms. The number of nitrogens with zero attached hydrogens (tertiary/aromatic N) is 2. The molecule has 0 fully saturated rings. The van der Waals surface area contributed by atoms with Gasteiger partial charge in [-0.1, -0.05) is 57.2 Å². The Balaban J connectivity index is 2.24. The Hall–Kier alpha value is -1.15. The minimum absolute atomic E-state index is 0.231. The maximum atomic E-state index is 10.3. The van der Waals surface area contributed by atoms with Crippen molar-refractivity contribution in [2.24, 2.45) is 5.92 Å². The number of hydrogen-bond acceptors (Lipinski definition) is 2. The van der Waals surface area contributed by atoms with E-state index in [0.29, 0.717) is 12.1 Å². The van der Waals surface area contributed by atoms with Crippen LogP contribution in [-0.4, -0.2) is 18.0 Å². The van der Waals surface area contributed by atoms with E-state index in [0.717, 1.165) is 33.8 Å². The zero-order valence-electron chi connectivity index (χ0n) is 18.1. The van der Waals surface area contributed by atoms with Crippen molar-refractivity contribution in [2.45, 2.75) is 64.5 Å². The molecule has 0 saturated carbocycles. The third kappa shape index (κ3) is 5.51. The fourth-order valence-corrected chi connectivity index (χ4v) is 4.79. The summed E-state index contributed by atoms with van der Waals surface area (Å²) in [6, 6.07) is 20.4. The molecule has 0 aliphatic rings. The molecule has 0 bridgehead atoms. The van der Waals surface area contributed by atoms with Crippen LogP contribution in [0.5, 0.6) is 0 Å². The summed E-state index contributed by atoms with van der Waals surface area (Å²) in [5.74, 6) is 0.231. The van der Waals surface area contributed by atoms with Gasteiger partial charge in [-0.3, -0.25) is 4.90 Å². The number of halogens is 2. The Morgan fingerprint density at radius 3 is 2.21 bits per heavy atom.